The summed E-state index contributed by atoms with van der Waals surface area (Å²) in [5.41, 5.74) is 0.155. The largest absolute Gasteiger partial charge is 0.223 e. The normalized spacial score (nSPS) is 11.5. The molecule has 100 valence electrons. The first-order valence-corrected chi connectivity index (χ1v) is 7.07. The van der Waals surface area contributed by atoms with Gasteiger partial charge in [-0.3, -0.25) is 0 Å². The molecular formula is C11H7ClF2N2O2S. The number of hydrogen-bond donors (Lipinski definition) is 0. The summed E-state index contributed by atoms with van der Waals surface area (Å²) in [6, 6.07) is 4.13. The first kappa shape index (κ1) is 13.8. The Morgan fingerprint density at radius 3 is 2.58 bits per heavy atom. The molecule has 4 nitrogen and oxygen atoms in total. The van der Waals surface area contributed by atoms with E-state index in [1.54, 1.807) is 0 Å². The van der Waals surface area contributed by atoms with Gasteiger partial charge < -0.3 is 0 Å². The lowest BCUT2D eigenvalue weighted by molar-refractivity contribution is 0.548. The van der Waals surface area contributed by atoms with Crippen LogP contribution in [0.3, 0.4) is 0 Å². The van der Waals surface area contributed by atoms with Crippen LogP contribution in [-0.2, 0) is 15.6 Å². The average molecular weight is 305 g/mol. The van der Waals surface area contributed by atoms with E-state index in [0.29, 0.717) is 6.07 Å². The van der Waals surface area contributed by atoms with Crippen LogP contribution < -0.4 is 0 Å². The number of sulfone groups is 1. The predicted molar refractivity (Wildman–Crippen MR) is 64.3 cm³/mol. The van der Waals surface area contributed by atoms with E-state index in [1.807, 2.05) is 0 Å². The third kappa shape index (κ3) is 3.05. The van der Waals surface area contributed by atoms with Gasteiger partial charge in [0.2, 0.25) is 0 Å². The highest BCUT2D eigenvalue weighted by Crippen LogP contribution is 2.25. The van der Waals surface area contributed by atoms with Crippen LogP contribution >= 0.6 is 11.6 Å². The van der Waals surface area contributed by atoms with E-state index in [2.05, 4.69) is 10.2 Å². The lowest BCUT2D eigenvalue weighted by atomic mass is 10.3. The minimum Gasteiger partial charge on any atom is -0.223 e. The first-order valence-electron chi connectivity index (χ1n) is 5.04. The molecule has 0 spiro atoms. The summed E-state index contributed by atoms with van der Waals surface area (Å²) in [4.78, 5) is -0.662. The summed E-state index contributed by atoms with van der Waals surface area (Å²) < 4.78 is 50.5. The van der Waals surface area contributed by atoms with E-state index in [4.69, 9.17) is 11.6 Å². The summed E-state index contributed by atoms with van der Waals surface area (Å²) in [5.74, 6) is -2.75. The number of rotatable bonds is 3. The summed E-state index contributed by atoms with van der Waals surface area (Å²) in [7, 11) is -4.01. The van der Waals surface area contributed by atoms with E-state index in [1.165, 1.54) is 18.3 Å². The highest BCUT2D eigenvalue weighted by Gasteiger charge is 2.22. The number of nitrogens with zero attached hydrogens (tertiary/aromatic N) is 2. The van der Waals surface area contributed by atoms with Crippen molar-refractivity contribution in [2.45, 2.75) is 10.6 Å². The molecule has 8 heteroatoms. The Morgan fingerprint density at radius 2 is 1.95 bits per heavy atom. The van der Waals surface area contributed by atoms with Crippen molar-refractivity contribution in [3.63, 3.8) is 0 Å². The fourth-order valence-electron chi connectivity index (χ4n) is 1.43. The van der Waals surface area contributed by atoms with Crippen molar-refractivity contribution >= 4 is 21.4 Å². The van der Waals surface area contributed by atoms with Crippen LogP contribution in [0, 0.1) is 11.6 Å². The van der Waals surface area contributed by atoms with Gasteiger partial charge >= 0.3 is 0 Å². The Morgan fingerprint density at radius 1 is 1.21 bits per heavy atom. The van der Waals surface area contributed by atoms with Gasteiger partial charge in [0, 0.05) is 12.3 Å². The zero-order valence-electron chi connectivity index (χ0n) is 9.35. The second-order valence-corrected chi connectivity index (χ2v) is 6.04. The highest BCUT2D eigenvalue weighted by atomic mass is 35.5. The van der Waals surface area contributed by atoms with Crippen molar-refractivity contribution in [3.05, 3.63) is 52.8 Å². The van der Waals surface area contributed by atoms with Gasteiger partial charge in [0.05, 0.1) is 16.5 Å². The van der Waals surface area contributed by atoms with Gasteiger partial charge in [-0.1, -0.05) is 11.6 Å². The molecule has 0 radical (unpaired) electrons. The Kier molecular flexibility index (Phi) is 3.77. The molecular weight excluding hydrogens is 298 g/mol. The lowest BCUT2D eigenvalue weighted by Gasteiger charge is -2.06. The Hall–Kier alpha value is -1.60. The van der Waals surface area contributed by atoms with Crippen LogP contribution in [0.2, 0.25) is 5.02 Å². The molecule has 0 atom stereocenters. The van der Waals surface area contributed by atoms with Gasteiger partial charge in [0.1, 0.15) is 16.5 Å². The number of halogens is 3. The summed E-state index contributed by atoms with van der Waals surface area (Å²) >= 11 is 5.46. The maximum atomic E-state index is 13.5. The molecule has 0 saturated carbocycles. The van der Waals surface area contributed by atoms with Gasteiger partial charge in [0.15, 0.2) is 9.84 Å². The third-order valence-electron chi connectivity index (χ3n) is 2.28. The molecule has 1 aromatic heterocycles. The molecule has 1 heterocycles. The molecule has 0 bridgehead atoms. The zero-order valence-corrected chi connectivity index (χ0v) is 10.9. The predicted octanol–water partition coefficient (Wildman–Crippen LogP) is 2.38. The highest BCUT2D eigenvalue weighted by molar-refractivity contribution is 7.90. The van der Waals surface area contributed by atoms with Crippen LogP contribution in [0.15, 0.2) is 35.4 Å². The second kappa shape index (κ2) is 5.18. The van der Waals surface area contributed by atoms with E-state index in [0.717, 1.165) is 6.07 Å². The average Bonchev–Trinajstić information content (AvgIpc) is 2.34. The number of aromatic nitrogens is 2. The van der Waals surface area contributed by atoms with E-state index in [-0.39, 0.29) is 5.69 Å². The first-order chi connectivity index (χ1) is 8.90. The summed E-state index contributed by atoms with van der Waals surface area (Å²) in [5, 5.41) is 6.66. The fraction of sp³-hybridized carbons (Fsp3) is 0.0909. The van der Waals surface area contributed by atoms with E-state index in [9.17, 15) is 17.2 Å². The van der Waals surface area contributed by atoms with Crippen molar-refractivity contribution in [2.24, 2.45) is 0 Å². The zero-order chi connectivity index (χ0) is 14.0. The fourth-order valence-corrected chi connectivity index (χ4v) is 3.01. The molecule has 0 amide bonds. The molecule has 0 N–H and O–H groups in total. The van der Waals surface area contributed by atoms with Crippen LogP contribution in [0.25, 0.3) is 0 Å². The van der Waals surface area contributed by atoms with Crippen molar-refractivity contribution in [1.82, 2.24) is 10.2 Å². The second-order valence-electron chi connectivity index (χ2n) is 3.67. The van der Waals surface area contributed by atoms with Crippen molar-refractivity contribution in [1.29, 1.82) is 0 Å². The van der Waals surface area contributed by atoms with E-state index < -0.39 is 37.1 Å². The smallest absolute Gasteiger partial charge is 0.187 e. The Bertz CT molecular complexity index is 708. The summed E-state index contributed by atoms with van der Waals surface area (Å²) in [6.45, 7) is 0. The molecule has 2 rings (SSSR count). The molecule has 0 saturated heterocycles. The third-order valence-corrected chi connectivity index (χ3v) is 4.22. The van der Waals surface area contributed by atoms with Crippen LogP contribution in [-0.4, -0.2) is 18.6 Å². The van der Waals surface area contributed by atoms with Crippen LogP contribution in [0.1, 0.15) is 5.69 Å². The van der Waals surface area contributed by atoms with Gasteiger partial charge in [0.25, 0.3) is 0 Å². The maximum Gasteiger partial charge on any atom is 0.187 e. The molecule has 0 aliphatic rings. The SMILES string of the molecule is O=S(=O)(Cc1cccnn1)c1cc(Cl)c(F)cc1F. The molecule has 1 aromatic carbocycles. The minimum absolute atomic E-state index is 0.155. The van der Waals surface area contributed by atoms with Gasteiger partial charge in [-0.2, -0.15) is 10.2 Å². The maximum absolute atomic E-state index is 13.5. The molecule has 2 aromatic rings. The topological polar surface area (TPSA) is 59.9 Å². The van der Waals surface area contributed by atoms with Crippen LogP contribution in [0.5, 0.6) is 0 Å². The number of hydrogen-bond acceptors (Lipinski definition) is 4. The molecule has 0 fully saturated rings. The van der Waals surface area contributed by atoms with Crippen molar-refractivity contribution < 1.29 is 17.2 Å². The van der Waals surface area contributed by atoms with Gasteiger partial charge in [-0.05, 0) is 18.2 Å². The standard InChI is InChI=1S/C11H7ClF2N2O2S/c12-8-4-11(10(14)5-9(8)13)19(17,18)6-7-2-1-3-15-16-7/h1-5H,6H2. The minimum atomic E-state index is -4.01. The van der Waals surface area contributed by atoms with Crippen molar-refractivity contribution in [3.8, 4) is 0 Å². The van der Waals surface area contributed by atoms with Gasteiger partial charge in [-0.25, -0.2) is 17.2 Å². The molecule has 0 aliphatic heterocycles. The number of benzene rings is 1. The Balaban J connectivity index is 2.43. The Labute approximate surface area is 113 Å². The molecule has 0 unspecified atom stereocenters. The summed E-state index contributed by atoms with van der Waals surface area (Å²) in [6.07, 6.45) is 1.38. The lowest BCUT2D eigenvalue weighted by Crippen LogP contribution is -2.09. The van der Waals surface area contributed by atoms with Crippen molar-refractivity contribution in [2.75, 3.05) is 0 Å². The molecule has 19 heavy (non-hydrogen) atoms. The van der Waals surface area contributed by atoms with Crippen LogP contribution in [0.4, 0.5) is 8.78 Å². The van der Waals surface area contributed by atoms with E-state index >= 15 is 0 Å². The monoisotopic (exact) mass is 304 g/mol. The quantitative estimate of drug-likeness (QED) is 0.645. The van der Waals surface area contributed by atoms with Gasteiger partial charge in [-0.15, -0.1) is 0 Å². The molecule has 0 aliphatic carbocycles.